The number of aliphatic hydroxyl groups is 2. The van der Waals surface area contributed by atoms with Crippen LogP contribution in [0.4, 0.5) is 4.39 Å². The zero-order valence-corrected chi connectivity index (χ0v) is 24.6. The topological polar surface area (TPSA) is 87.4 Å². The standard InChI is InChI=1S/C35H40FN3O3/c1-21(22-7-5-4-6-8-22)38-32(41)35(42)16-15-28-27-14-9-24-17-29-23(20-37-39(29)26-12-10-25(36)11-13-26)18-33(24,2)31(27)30(40)19-34(28,35)3/h4-8,10-13,17,20-21,27-28,30-31,40,42H,9,14-16,18-19H2,1-3H3,(H,38,41)/t21-,27?,28?,30+,31?,33+,34+,35+/m1/s1. The molecular weight excluding hydrogens is 529 g/mol. The summed E-state index contributed by atoms with van der Waals surface area (Å²) >= 11 is 0. The molecule has 42 heavy (non-hydrogen) atoms. The molecule has 0 spiro atoms. The average molecular weight is 570 g/mol. The molecule has 4 aliphatic rings. The van der Waals surface area contributed by atoms with E-state index >= 15 is 0 Å². The molecular formula is C35H40FN3O3. The molecule has 4 aliphatic carbocycles. The van der Waals surface area contributed by atoms with E-state index in [0.29, 0.717) is 12.8 Å². The number of carbonyl (C=O) groups excluding carboxylic acids is 1. The van der Waals surface area contributed by atoms with Crippen LogP contribution in [0.2, 0.25) is 0 Å². The summed E-state index contributed by atoms with van der Waals surface area (Å²) in [4.78, 5) is 13.8. The largest absolute Gasteiger partial charge is 0.393 e. The highest BCUT2D eigenvalue weighted by atomic mass is 19.1. The lowest BCUT2D eigenvalue weighted by Crippen LogP contribution is -2.63. The van der Waals surface area contributed by atoms with Crippen molar-refractivity contribution in [2.45, 2.75) is 77.0 Å². The van der Waals surface area contributed by atoms with Crippen LogP contribution in [0.25, 0.3) is 11.8 Å². The molecule has 3 saturated carbocycles. The summed E-state index contributed by atoms with van der Waals surface area (Å²) in [5, 5.41) is 31.8. The zero-order chi connectivity index (χ0) is 29.4. The number of halogens is 1. The van der Waals surface area contributed by atoms with Gasteiger partial charge in [0.15, 0.2) is 0 Å². The van der Waals surface area contributed by atoms with Crippen LogP contribution >= 0.6 is 0 Å². The van der Waals surface area contributed by atoms with Gasteiger partial charge in [0.1, 0.15) is 11.4 Å². The maximum absolute atomic E-state index is 13.8. The molecule has 1 heterocycles. The van der Waals surface area contributed by atoms with Crippen molar-refractivity contribution >= 4 is 12.0 Å². The number of carbonyl (C=O) groups is 1. The van der Waals surface area contributed by atoms with Crippen LogP contribution in [0.5, 0.6) is 0 Å². The second-order valence-electron chi connectivity index (χ2n) is 13.7. The van der Waals surface area contributed by atoms with Gasteiger partial charge in [0.05, 0.1) is 29.7 Å². The molecule has 1 aromatic heterocycles. The molecule has 0 bridgehead atoms. The second-order valence-corrected chi connectivity index (χ2v) is 13.7. The lowest BCUT2D eigenvalue weighted by atomic mass is 9.45. The molecule has 0 radical (unpaired) electrons. The predicted octanol–water partition coefficient (Wildman–Crippen LogP) is 5.77. The molecule has 2 aromatic carbocycles. The predicted molar refractivity (Wildman–Crippen MR) is 159 cm³/mol. The maximum atomic E-state index is 13.8. The number of hydrogen-bond donors (Lipinski definition) is 3. The average Bonchev–Trinajstić information content (AvgIpc) is 3.49. The van der Waals surface area contributed by atoms with Crippen molar-refractivity contribution in [1.82, 2.24) is 15.1 Å². The molecule has 3 unspecified atom stereocenters. The number of allylic oxidation sites excluding steroid dienone is 1. The van der Waals surface area contributed by atoms with Crippen LogP contribution < -0.4 is 5.32 Å². The van der Waals surface area contributed by atoms with Gasteiger partial charge >= 0.3 is 0 Å². The third kappa shape index (κ3) is 3.89. The number of nitrogens with one attached hydrogen (secondary N) is 1. The van der Waals surface area contributed by atoms with Gasteiger partial charge in [-0.1, -0.05) is 49.8 Å². The number of amides is 1. The van der Waals surface area contributed by atoms with Gasteiger partial charge in [-0.2, -0.15) is 5.10 Å². The Kier molecular flexibility index (Phi) is 6.30. The van der Waals surface area contributed by atoms with E-state index in [0.717, 1.165) is 48.2 Å². The molecule has 3 aromatic rings. The Morgan fingerprint density at radius 1 is 1.12 bits per heavy atom. The van der Waals surface area contributed by atoms with Crippen LogP contribution in [-0.4, -0.2) is 37.6 Å². The molecule has 3 N–H and O–H groups in total. The van der Waals surface area contributed by atoms with Crippen LogP contribution in [0.15, 0.2) is 66.4 Å². The molecule has 220 valence electrons. The molecule has 0 aliphatic heterocycles. The number of fused-ring (bicyclic) bond motifs is 6. The summed E-state index contributed by atoms with van der Waals surface area (Å²) in [5.41, 5.74) is 2.83. The van der Waals surface area contributed by atoms with Crippen molar-refractivity contribution in [2.24, 2.45) is 28.6 Å². The number of aliphatic hydroxyl groups excluding tert-OH is 1. The monoisotopic (exact) mass is 569 g/mol. The summed E-state index contributed by atoms with van der Waals surface area (Å²) < 4.78 is 15.5. The number of hydrogen-bond acceptors (Lipinski definition) is 4. The number of nitrogens with zero attached hydrogens (tertiary/aromatic N) is 2. The zero-order valence-electron chi connectivity index (χ0n) is 24.6. The third-order valence-corrected chi connectivity index (χ3v) is 11.7. The smallest absolute Gasteiger partial charge is 0.253 e. The number of rotatable bonds is 4. The van der Waals surface area contributed by atoms with Gasteiger partial charge in [-0.25, -0.2) is 9.07 Å². The maximum Gasteiger partial charge on any atom is 0.253 e. The van der Waals surface area contributed by atoms with Crippen molar-refractivity contribution in [3.63, 3.8) is 0 Å². The van der Waals surface area contributed by atoms with Crippen LogP contribution in [-0.2, 0) is 11.2 Å². The van der Waals surface area contributed by atoms with Crippen molar-refractivity contribution < 1.29 is 19.4 Å². The number of benzene rings is 2. The summed E-state index contributed by atoms with van der Waals surface area (Å²) in [6, 6.07) is 16.0. The highest BCUT2D eigenvalue weighted by Crippen LogP contribution is 2.67. The Morgan fingerprint density at radius 2 is 1.86 bits per heavy atom. The molecule has 8 atom stereocenters. The van der Waals surface area contributed by atoms with Crippen LogP contribution in [0.3, 0.4) is 0 Å². The summed E-state index contributed by atoms with van der Waals surface area (Å²) in [6.45, 7) is 6.27. The Morgan fingerprint density at radius 3 is 2.60 bits per heavy atom. The number of aromatic nitrogens is 2. The van der Waals surface area contributed by atoms with E-state index in [1.807, 2.05) is 55.1 Å². The lowest BCUT2D eigenvalue weighted by molar-refractivity contribution is -0.181. The Labute approximate surface area is 246 Å². The fourth-order valence-corrected chi connectivity index (χ4v) is 9.49. The normalized spacial score (nSPS) is 35.7. The highest BCUT2D eigenvalue weighted by Gasteiger charge is 2.68. The van der Waals surface area contributed by atoms with E-state index in [1.54, 1.807) is 12.1 Å². The van der Waals surface area contributed by atoms with E-state index in [1.165, 1.54) is 17.7 Å². The van der Waals surface area contributed by atoms with Gasteiger partial charge in [0.2, 0.25) is 0 Å². The summed E-state index contributed by atoms with van der Waals surface area (Å²) in [6.07, 6.45) is 7.69. The molecule has 7 rings (SSSR count). The summed E-state index contributed by atoms with van der Waals surface area (Å²) in [5.74, 6) is -0.207. The van der Waals surface area contributed by atoms with E-state index < -0.39 is 17.1 Å². The van der Waals surface area contributed by atoms with Gasteiger partial charge in [-0.15, -0.1) is 0 Å². The first kappa shape index (κ1) is 27.5. The molecule has 1 amide bonds. The first-order chi connectivity index (χ1) is 20.0. The van der Waals surface area contributed by atoms with Gasteiger partial charge in [-0.05, 0) is 110 Å². The summed E-state index contributed by atoms with van der Waals surface area (Å²) in [7, 11) is 0. The van der Waals surface area contributed by atoms with E-state index in [2.05, 4.69) is 23.4 Å². The SMILES string of the molecule is C[C@@H](NC(=O)[C@@]1(O)CCC2C3CCC4=Cc5c(cnn5-c5ccc(F)cc5)C[C@]4(C)C3[C@@H](O)C[C@@]21C)c1ccccc1. The Bertz CT molecular complexity index is 1550. The van der Waals surface area contributed by atoms with Crippen molar-refractivity contribution in [2.75, 3.05) is 0 Å². The Balaban J connectivity index is 1.17. The lowest BCUT2D eigenvalue weighted by Gasteiger charge is -2.60. The van der Waals surface area contributed by atoms with Gasteiger partial charge < -0.3 is 15.5 Å². The van der Waals surface area contributed by atoms with E-state index in [4.69, 9.17) is 0 Å². The fourth-order valence-electron chi connectivity index (χ4n) is 9.49. The van der Waals surface area contributed by atoms with Crippen molar-refractivity contribution in [3.05, 3.63) is 89.0 Å². The van der Waals surface area contributed by atoms with Crippen molar-refractivity contribution in [3.8, 4) is 5.69 Å². The molecule has 0 saturated heterocycles. The molecule has 6 nitrogen and oxygen atoms in total. The van der Waals surface area contributed by atoms with E-state index in [-0.39, 0.29) is 40.9 Å². The first-order valence-electron chi connectivity index (χ1n) is 15.4. The molecule has 3 fully saturated rings. The minimum atomic E-state index is -1.53. The highest BCUT2D eigenvalue weighted by molar-refractivity contribution is 5.87. The quantitative estimate of drug-likeness (QED) is 0.372. The van der Waals surface area contributed by atoms with Gasteiger partial charge in [0.25, 0.3) is 5.91 Å². The van der Waals surface area contributed by atoms with E-state index in [9.17, 15) is 19.4 Å². The fraction of sp³-hybridized carbons (Fsp3) is 0.486. The van der Waals surface area contributed by atoms with Gasteiger partial charge in [0, 0.05) is 5.41 Å². The minimum Gasteiger partial charge on any atom is -0.393 e. The minimum absolute atomic E-state index is 0.0338. The second kappa shape index (κ2) is 9.61. The van der Waals surface area contributed by atoms with Crippen LogP contribution in [0, 0.1) is 34.4 Å². The third-order valence-electron chi connectivity index (χ3n) is 11.7. The van der Waals surface area contributed by atoms with Gasteiger partial charge in [-0.3, -0.25) is 4.79 Å². The first-order valence-corrected chi connectivity index (χ1v) is 15.4. The van der Waals surface area contributed by atoms with Crippen molar-refractivity contribution in [1.29, 1.82) is 0 Å². The molecule has 7 heteroatoms. The Hall–Kier alpha value is -3.29. The van der Waals surface area contributed by atoms with Crippen LogP contribution in [0.1, 0.15) is 75.7 Å².